The highest BCUT2D eigenvalue weighted by atomic mass is 16.3. The Labute approximate surface area is 231 Å². The van der Waals surface area contributed by atoms with Crippen LogP contribution < -0.4 is 0 Å². The highest BCUT2D eigenvalue weighted by Crippen LogP contribution is 2.41. The number of rotatable bonds is 6. The second-order valence-electron chi connectivity index (χ2n) is 11.5. The molecule has 0 saturated carbocycles. The smallest absolute Gasteiger partial charge is 0.149 e. The van der Waals surface area contributed by atoms with Crippen LogP contribution in [-0.2, 0) is 0 Å². The molecule has 0 unspecified atom stereocenters. The largest absolute Gasteiger partial charge is 0.464 e. The van der Waals surface area contributed by atoms with Crippen LogP contribution in [-0.4, -0.2) is 9.55 Å². The summed E-state index contributed by atoms with van der Waals surface area (Å²) in [7, 11) is 0. The fourth-order valence-corrected chi connectivity index (χ4v) is 5.63. The van der Waals surface area contributed by atoms with Crippen molar-refractivity contribution in [1.29, 1.82) is 0 Å². The summed E-state index contributed by atoms with van der Waals surface area (Å²) >= 11 is 0. The summed E-state index contributed by atoms with van der Waals surface area (Å²) < 4.78 is 8.49. The van der Waals surface area contributed by atoms with Crippen LogP contribution in [0.5, 0.6) is 0 Å². The molecule has 2 heterocycles. The van der Waals surface area contributed by atoms with Gasteiger partial charge in [-0.15, -0.1) is 0 Å². The Morgan fingerprint density at radius 3 is 2.00 bits per heavy atom. The molecule has 4 aromatic carbocycles. The van der Waals surface area contributed by atoms with Gasteiger partial charge in [0, 0.05) is 5.39 Å². The minimum Gasteiger partial charge on any atom is -0.464 e. The monoisotopic (exact) mass is 512 g/mol. The summed E-state index contributed by atoms with van der Waals surface area (Å²) in [5.74, 6) is 2.00. The molecule has 0 bridgehead atoms. The van der Waals surface area contributed by atoms with Crippen molar-refractivity contribution >= 4 is 22.0 Å². The summed E-state index contributed by atoms with van der Waals surface area (Å²) in [6.45, 7) is 13.6. The zero-order valence-corrected chi connectivity index (χ0v) is 23.7. The van der Waals surface area contributed by atoms with E-state index in [4.69, 9.17) is 9.40 Å². The molecule has 196 valence electrons. The van der Waals surface area contributed by atoms with E-state index in [-0.39, 0.29) is 0 Å². The number of imidazole rings is 1. The molecule has 3 nitrogen and oxygen atoms in total. The van der Waals surface area contributed by atoms with Gasteiger partial charge in [0.1, 0.15) is 17.7 Å². The number of hydrogen-bond donors (Lipinski definition) is 0. The van der Waals surface area contributed by atoms with E-state index >= 15 is 0 Å². The summed E-state index contributed by atoms with van der Waals surface area (Å²) in [6, 6.07) is 30.5. The minimum absolute atomic E-state index is 0.323. The number of nitrogens with zero attached hydrogens (tertiary/aromatic N) is 2. The summed E-state index contributed by atoms with van der Waals surface area (Å²) in [6.07, 6.45) is 1.88. The van der Waals surface area contributed by atoms with Crippen LogP contribution in [0.4, 0.5) is 0 Å². The van der Waals surface area contributed by atoms with Crippen molar-refractivity contribution in [2.75, 3.05) is 0 Å². The third-order valence-electron chi connectivity index (χ3n) is 7.81. The molecule has 6 rings (SSSR count). The molecular formula is C36H36N2O. The predicted molar refractivity (Wildman–Crippen MR) is 164 cm³/mol. The van der Waals surface area contributed by atoms with Crippen molar-refractivity contribution in [3.05, 3.63) is 108 Å². The lowest BCUT2D eigenvalue weighted by molar-refractivity contribution is 0.616. The fourth-order valence-electron chi connectivity index (χ4n) is 5.63. The molecule has 6 aromatic rings. The average Bonchev–Trinajstić information content (AvgIpc) is 3.53. The van der Waals surface area contributed by atoms with E-state index in [0.29, 0.717) is 17.8 Å². The zero-order chi connectivity index (χ0) is 27.3. The number of aromatic nitrogens is 2. The van der Waals surface area contributed by atoms with Crippen LogP contribution in [0.2, 0.25) is 0 Å². The van der Waals surface area contributed by atoms with Gasteiger partial charge in [0.15, 0.2) is 0 Å². The Kier molecular flexibility index (Phi) is 6.38. The minimum atomic E-state index is 0.323. The second kappa shape index (κ2) is 9.89. The molecule has 0 fully saturated rings. The van der Waals surface area contributed by atoms with Gasteiger partial charge in [-0.05, 0) is 82.0 Å². The van der Waals surface area contributed by atoms with Crippen molar-refractivity contribution in [3.63, 3.8) is 0 Å². The Hall–Kier alpha value is -4.11. The second-order valence-corrected chi connectivity index (χ2v) is 11.5. The predicted octanol–water partition coefficient (Wildman–Crippen LogP) is 10.5. The van der Waals surface area contributed by atoms with E-state index in [9.17, 15) is 0 Å². The lowest BCUT2D eigenvalue weighted by Gasteiger charge is -2.24. The molecule has 2 aromatic heterocycles. The quantitative estimate of drug-likeness (QED) is 0.222. The maximum absolute atomic E-state index is 6.10. The molecular weight excluding hydrogens is 476 g/mol. The topological polar surface area (TPSA) is 31.0 Å². The highest BCUT2D eigenvalue weighted by Gasteiger charge is 2.25. The van der Waals surface area contributed by atoms with Crippen LogP contribution in [0.15, 0.2) is 95.6 Å². The number of hydrogen-bond acceptors (Lipinski definition) is 2. The van der Waals surface area contributed by atoms with E-state index in [0.717, 1.165) is 33.4 Å². The third kappa shape index (κ3) is 4.36. The van der Waals surface area contributed by atoms with Crippen molar-refractivity contribution in [3.8, 4) is 28.2 Å². The van der Waals surface area contributed by atoms with Gasteiger partial charge in [-0.25, -0.2) is 4.98 Å². The molecule has 0 radical (unpaired) electrons. The molecule has 0 amide bonds. The Morgan fingerprint density at radius 2 is 1.33 bits per heavy atom. The van der Waals surface area contributed by atoms with Gasteiger partial charge in [0.25, 0.3) is 0 Å². The van der Waals surface area contributed by atoms with Crippen molar-refractivity contribution in [1.82, 2.24) is 9.55 Å². The van der Waals surface area contributed by atoms with Crippen molar-refractivity contribution in [2.45, 2.75) is 59.3 Å². The van der Waals surface area contributed by atoms with Crippen LogP contribution in [0.1, 0.15) is 76.0 Å². The van der Waals surface area contributed by atoms with E-state index in [1.807, 2.05) is 6.26 Å². The Balaban J connectivity index is 1.71. The average molecular weight is 513 g/mol. The first-order chi connectivity index (χ1) is 18.8. The lowest BCUT2D eigenvalue weighted by atomic mass is 9.88. The number of benzene rings is 4. The highest BCUT2D eigenvalue weighted by molar-refractivity contribution is 5.96. The number of furan rings is 1. The van der Waals surface area contributed by atoms with Gasteiger partial charge < -0.3 is 4.42 Å². The number of para-hydroxylation sites is 2. The van der Waals surface area contributed by atoms with E-state index in [1.54, 1.807) is 0 Å². The summed E-state index contributed by atoms with van der Waals surface area (Å²) in [5.41, 5.74) is 11.7. The van der Waals surface area contributed by atoms with Crippen LogP contribution in [0.25, 0.3) is 50.2 Å². The van der Waals surface area contributed by atoms with Gasteiger partial charge in [0.2, 0.25) is 0 Å². The molecule has 0 atom stereocenters. The van der Waals surface area contributed by atoms with E-state index in [2.05, 4.69) is 131 Å². The molecule has 39 heavy (non-hydrogen) atoms. The normalized spacial score (nSPS) is 12.0. The maximum Gasteiger partial charge on any atom is 0.149 e. The fraction of sp³-hybridized carbons (Fsp3) is 0.250. The summed E-state index contributed by atoms with van der Waals surface area (Å²) in [5, 5.41) is 1.11. The van der Waals surface area contributed by atoms with Crippen LogP contribution in [0.3, 0.4) is 0 Å². The first kappa shape index (κ1) is 25.2. The summed E-state index contributed by atoms with van der Waals surface area (Å²) in [4.78, 5) is 5.24. The molecule has 3 heteroatoms. The van der Waals surface area contributed by atoms with E-state index < -0.39 is 0 Å². The van der Waals surface area contributed by atoms with Crippen molar-refractivity contribution < 1.29 is 4.42 Å². The Morgan fingerprint density at radius 1 is 0.667 bits per heavy atom. The molecule has 0 spiro atoms. The SMILES string of the molecule is CC(C)c1ccc2occ(-c3nc4ccccc4n3-c3c(C(C)C)cc(-c4ccccc4)cc3C(C)C)c2c1. The molecule has 0 aliphatic carbocycles. The standard InChI is InChI=1S/C36H36N2O/c1-22(2)26-16-17-34-30(18-26)31(21-39-34)36-37-32-14-10-11-15-33(32)38(36)35-28(23(3)4)19-27(20-29(35)24(5)6)25-12-8-7-9-13-25/h7-24H,1-6H3. The third-order valence-corrected chi connectivity index (χ3v) is 7.81. The van der Waals surface area contributed by atoms with Gasteiger partial charge in [-0.2, -0.15) is 0 Å². The van der Waals surface area contributed by atoms with Gasteiger partial charge in [0.05, 0.1) is 22.3 Å². The van der Waals surface area contributed by atoms with Gasteiger partial charge in [-0.3, -0.25) is 4.57 Å². The Bertz CT molecular complexity index is 1750. The van der Waals surface area contributed by atoms with Crippen LogP contribution >= 0.6 is 0 Å². The number of fused-ring (bicyclic) bond motifs is 2. The van der Waals surface area contributed by atoms with Gasteiger partial charge in [-0.1, -0.05) is 90.1 Å². The van der Waals surface area contributed by atoms with Crippen molar-refractivity contribution in [2.24, 2.45) is 0 Å². The first-order valence-corrected chi connectivity index (χ1v) is 14.1. The molecule has 0 aliphatic heterocycles. The first-order valence-electron chi connectivity index (χ1n) is 14.1. The molecule has 0 saturated heterocycles. The lowest BCUT2D eigenvalue weighted by Crippen LogP contribution is -2.09. The van der Waals surface area contributed by atoms with Crippen LogP contribution in [0, 0.1) is 0 Å². The molecule has 0 aliphatic rings. The molecule has 0 N–H and O–H groups in total. The zero-order valence-electron chi connectivity index (χ0n) is 23.7. The van der Waals surface area contributed by atoms with Gasteiger partial charge >= 0.3 is 0 Å². The maximum atomic E-state index is 6.10. The van der Waals surface area contributed by atoms with E-state index in [1.165, 1.54) is 33.5 Å².